The van der Waals surface area contributed by atoms with Crippen molar-refractivity contribution < 1.29 is 5.11 Å². The topological polar surface area (TPSA) is 20.2 Å². The molecule has 124 valence electrons. The summed E-state index contributed by atoms with van der Waals surface area (Å²) in [6.45, 7) is 19.7. The summed E-state index contributed by atoms with van der Waals surface area (Å²) in [6, 6.07) is 10.2. The Morgan fingerprint density at radius 2 is 1.61 bits per heavy atom. The first-order valence-corrected chi connectivity index (χ1v) is 8.32. The van der Waals surface area contributed by atoms with E-state index in [1.54, 1.807) is 0 Å². The Kier molecular flexibility index (Phi) is 9.41. The Balaban J connectivity index is 0.00000112. The molecule has 1 nitrogen and oxygen atoms in total. The Morgan fingerprint density at radius 3 is 2.09 bits per heavy atom. The van der Waals surface area contributed by atoms with Gasteiger partial charge in [0.1, 0.15) is 5.76 Å². The van der Waals surface area contributed by atoms with E-state index in [4.69, 9.17) is 0 Å². The largest absolute Gasteiger partial charge is 0.508 e. The van der Waals surface area contributed by atoms with Gasteiger partial charge in [-0.15, -0.1) is 0 Å². The highest BCUT2D eigenvalue weighted by molar-refractivity contribution is 5.97. The molecule has 2 aromatic carbocycles. The van der Waals surface area contributed by atoms with Gasteiger partial charge in [-0.1, -0.05) is 83.3 Å². The molecule has 2 aromatic rings. The predicted octanol–water partition coefficient (Wildman–Crippen LogP) is 5.58. The summed E-state index contributed by atoms with van der Waals surface area (Å²) < 4.78 is 0. The maximum atomic E-state index is 9.84. The molecule has 0 bridgehead atoms. The second-order valence-electron chi connectivity index (χ2n) is 4.48. The number of aliphatic hydroxyl groups excluding tert-OH is 1. The number of benzene rings is 2. The van der Waals surface area contributed by atoms with Gasteiger partial charge in [0.25, 0.3) is 0 Å². The molecule has 0 saturated heterocycles. The molecule has 0 fully saturated rings. The van der Waals surface area contributed by atoms with E-state index in [2.05, 4.69) is 31.4 Å². The molecule has 0 heterocycles. The van der Waals surface area contributed by atoms with Crippen LogP contribution in [0, 0.1) is 0 Å². The smallest absolute Gasteiger partial charge is 0.115 e. The lowest BCUT2D eigenvalue weighted by atomic mass is 9.93. The van der Waals surface area contributed by atoms with Gasteiger partial charge < -0.3 is 5.11 Å². The molecule has 0 amide bonds. The Labute approximate surface area is 141 Å². The van der Waals surface area contributed by atoms with Gasteiger partial charge in [-0.05, 0) is 35.1 Å². The predicted molar refractivity (Wildman–Crippen MR) is 107 cm³/mol. The fourth-order valence-corrected chi connectivity index (χ4v) is 2.46. The monoisotopic (exact) mass is 310 g/mol. The molecule has 0 aliphatic heterocycles. The summed E-state index contributed by atoms with van der Waals surface area (Å²) in [4.78, 5) is 0. The first-order valence-electron chi connectivity index (χ1n) is 8.32. The van der Waals surface area contributed by atoms with Gasteiger partial charge in [0.2, 0.25) is 0 Å². The molecule has 0 aliphatic rings. The molecule has 1 heteroatoms. The van der Waals surface area contributed by atoms with Crippen LogP contribution in [0.4, 0.5) is 0 Å². The third kappa shape index (κ3) is 4.59. The number of hydrogen-bond acceptors (Lipinski definition) is 1. The SMILES string of the molecule is C=C(O)/C(=C/C)c1/c(=C\C)ccc2cccc(=C)c12.CC.CC. The highest BCUT2D eigenvalue weighted by atomic mass is 16.3. The van der Waals surface area contributed by atoms with Crippen LogP contribution in [0.5, 0.6) is 0 Å². The summed E-state index contributed by atoms with van der Waals surface area (Å²) in [7, 11) is 0. The van der Waals surface area contributed by atoms with E-state index in [-0.39, 0.29) is 5.76 Å². The van der Waals surface area contributed by atoms with Crippen molar-refractivity contribution in [3.8, 4) is 0 Å². The van der Waals surface area contributed by atoms with Crippen molar-refractivity contribution in [1.82, 2.24) is 0 Å². The van der Waals surface area contributed by atoms with Crippen LogP contribution in [0.2, 0.25) is 0 Å². The lowest BCUT2D eigenvalue weighted by Gasteiger charge is -2.11. The fraction of sp³-hybridized carbons (Fsp3) is 0.273. The third-order valence-corrected chi connectivity index (χ3v) is 3.34. The van der Waals surface area contributed by atoms with E-state index in [0.717, 1.165) is 32.3 Å². The zero-order chi connectivity index (χ0) is 18.0. The van der Waals surface area contributed by atoms with Gasteiger partial charge >= 0.3 is 0 Å². The minimum Gasteiger partial charge on any atom is -0.508 e. The molecule has 0 aliphatic carbocycles. The van der Waals surface area contributed by atoms with Gasteiger partial charge in [-0.25, -0.2) is 0 Å². The molecule has 0 spiro atoms. The molecule has 23 heavy (non-hydrogen) atoms. The standard InChI is InChI=1S/C18H18O.2C2H6/c1-5-14-10-11-15-9-7-8-12(3)17(15)18(14)16(6-2)13(4)19;2*1-2/h5-11,19H,3-4H2,1-2H3;2*1-2H3/b14-5-,16-6-;;. The lowest BCUT2D eigenvalue weighted by Crippen LogP contribution is -2.14. The number of rotatable bonds is 2. The van der Waals surface area contributed by atoms with Crippen molar-refractivity contribution in [2.75, 3.05) is 0 Å². The van der Waals surface area contributed by atoms with Crippen molar-refractivity contribution in [3.05, 3.63) is 64.7 Å². The third-order valence-electron chi connectivity index (χ3n) is 3.34. The second-order valence-corrected chi connectivity index (χ2v) is 4.48. The molecular weight excluding hydrogens is 280 g/mol. The van der Waals surface area contributed by atoms with Crippen molar-refractivity contribution in [2.45, 2.75) is 41.5 Å². The van der Waals surface area contributed by atoms with E-state index in [9.17, 15) is 5.11 Å². The minimum atomic E-state index is 0.0846. The van der Waals surface area contributed by atoms with Crippen LogP contribution >= 0.6 is 0 Å². The van der Waals surface area contributed by atoms with Crippen molar-refractivity contribution in [3.63, 3.8) is 0 Å². The van der Waals surface area contributed by atoms with Crippen LogP contribution in [0.3, 0.4) is 0 Å². The highest BCUT2D eigenvalue weighted by Crippen LogP contribution is 2.23. The van der Waals surface area contributed by atoms with E-state index in [1.807, 2.05) is 65.8 Å². The van der Waals surface area contributed by atoms with Crippen LogP contribution < -0.4 is 10.4 Å². The molecule has 0 saturated carbocycles. The van der Waals surface area contributed by atoms with Gasteiger partial charge in [0, 0.05) is 11.1 Å². The first kappa shape index (κ1) is 20.7. The zero-order valence-corrected chi connectivity index (χ0v) is 15.4. The van der Waals surface area contributed by atoms with Crippen molar-refractivity contribution >= 4 is 29.0 Å². The molecule has 1 N–H and O–H groups in total. The molecular formula is C22H30O. The normalized spacial score (nSPS) is 11.2. The van der Waals surface area contributed by atoms with E-state index >= 15 is 0 Å². The number of hydrogen-bond donors (Lipinski definition) is 1. The molecule has 0 atom stereocenters. The molecule has 0 radical (unpaired) electrons. The number of aliphatic hydroxyl groups is 1. The molecule has 2 rings (SSSR count). The van der Waals surface area contributed by atoms with Gasteiger partial charge in [-0.2, -0.15) is 0 Å². The van der Waals surface area contributed by atoms with E-state index in [1.165, 1.54) is 0 Å². The van der Waals surface area contributed by atoms with Crippen LogP contribution in [0.1, 0.15) is 47.1 Å². The van der Waals surface area contributed by atoms with Crippen molar-refractivity contribution in [2.24, 2.45) is 0 Å². The van der Waals surface area contributed by atoms with Crippen molar-refractivity contribution in [1.29, 1.82) is 0 Å². The molecule has 0 unspecified atom stereocenters. The summed E-state index contributed by atoms with van der Waals surface area (Å²) in [5, 5.41) is 14.1. The Morgan fingerprint density at radius 1 is 1.00 bits per heavy atom. The number of fused-ring (bicyclic) bond motifs is 1. The lowest BCUT2D eigenvalue weighted by molar-refractivity contribution is 0.440. The highest BCUT2D eigenvalue weighted by Gasteiger charge is 2.10. The maximum absolute atomic E-state index is 9.84. The van der Waals surface area contributed by atoms with Crippen LogP contribution in [0.25, 0.3) is 29.0 Å². The molecule has 0 aromatic heterocycles. The quantitative estimate of drug-likeness (QED) is 0.567. The van der Waals surface area contributed by atoms with Gasteiger partial charge in [-0.3, -0.25) is 0 Å². The summed E-state index contributed by atoms with van der Waals surface area (Å²) in [5.41, 5.74) is 1.76. The zero-order valence-electron chi connectivity index (χ0n) is 15.4. The van der Waals surface area contributed by atoms with E-state index < -0.39 is 0 Å². The Hall–Kier alpha value is -2.28. The first-order chi connectivity index (χ1) is 11.1. The maximum Gasteiger partial charge on any atom is 0.115 e. The minimum absolute atomic E-state index is 0.0846. The summed E-state index contributed by atoms with van der Waals surface area (Å²) in [6.07, 6.45) is 3.92. The summed E-state index contributed by atoms with van der Waals surface area (Å²) in [5.74, 6) is 0.0846. The van der Waals surface area contributed by atoms with Gasteiger partial charge in [0.05, 0.1) is 0 Å². The van der Waals surface area contributed by atoms with Crippen LogP contribution in [-0.4, -0.2) is 5.11 Å². The average Bonchev–Trinajstić information content (AvgIpc) is 2.59. The fourth-order valence-electron chi connectivity index (χ4n) is 2.46. The van der Waals surface area contributed by atoms with Crippen LogP contribution in [-0.2, 0) is 0 Å². The van der Waals surface area contributed by atoms with Crippen LogP contribution in [0.15, 0.2) is 48.7 Å². The second kappa shape index (κ2) is 10.4. The van der Waals surface area contributed by atoms with Gasteiger partial charge in [0.15, 0.2) is 0 Å². The Bertz CT molecular complexity index is 779. The average molecular weight is 310 g/mol. The van der Waals surface area contributed by atoms with E-state index in [0.29, 0.717) is 0 Å². The summed E-state index contributed by atoms with van der Waals surface area (Å²) >= 11 is 0. The number of allylic oxidation sites excluding steroid dienone is 2.